The van der Waals surface area contributed by atoms with Crippen molar-refractivity contribution in [3.05, 3.63) is 27.7 Å². The lowest BCUT2D eigenvalue weighted by molar-refractivity contribution is -0.137. The molecule has 104 valence electrons. The maximum Gasteiger partial charge on any atom is 0.379 e. The summed E-state index contributed by atoms with van der Waals surface area (Å²) in [5.41, 5.74) is 0.0568. The van der Waals surface area contributed by atoms with Crippen molar-refractivity contribution in [2.24, 2.45) is 0 Å². The van der Waals surface area contributed by atoms with Crippen molar-refractivity contribution in [3.8, 4) is 5.75 Å². The molecule has 0 heterocycles. The molecule has 0 saturated heterocycles. The van der Waals surface area contributed by atoms with Crippen LogP contribution in [0.1, 0.15) is 30.6 Å². The third kappa shape index (κ3) is 4.11. The van der Waals surface area contributed by atoms with Crippen LogP contribution >= 0.6 is 23.2 Å². The van der Waals surface area contributed by atoms with Crippen molar-refractivity contribution >= 4 is 35.0 Å². The van der Waals surface area contributed by atoms with Gasteiger partial charge in [-0.2, -0.15) is 0 Å². The SMILES string of the molecule is CCCOc1cc(Cl)c(Cl)cc1C(=O)C(=O)OCC. The van der Waals surface area contributed by atoms with Crippen LogP contribution in [-0.4, -0.2) is 25.0 Å². The molecule has 0 unspecified atom stereocenters. The summed E-state index contributed by atoms with van der Waals surface area (Å²) in [7, 11) is 0. The summed E-state index contributed by atoms with van der Waals surface area (Å²) in [6.45, 7) is 4.07. The first kappa shape index (κ1) is 15.8. The molecule has 4 nitrogen and oxygen atoms in total. The van der Waals surface area contributed by atoms with Gasteiger partial charge >= 0.3 is 5.97 Å². The smallest absolute Gasteiger partial charge is 0.379 e. The Bertz CT molecular complexity index is 486. The van der Waals surface area contributed by atoms with Gasteiger partial charge in [-0.3, -0.25) is 4.79 Å². The van der Waals surface area contributed by atoms with Gasteiger partial charge in [-0.1, -0.05) is 30.1 Å². The molecule has 0 aliphatic carbocycles. The van der Waals surface area contributed by atoms with E-state index in [0.29, 0.717) is 6.61 Å². The first-order chi connectivity index (χ1) is 9.01. The molecule has 6 heteroatoms. The van der Waals surface area contributed by atoms with E-state index in [1.165, 1.54) is 12.1 Å². The second-order valence-electron chi connectivity index (χ2n) is 3.66. The molecule has 0 atom stereocenters. The number of halogens is 2. The van der Waals surface area contributed by atoms with Crippen LogP contribution in [0.4, 0.5) is 0 Å². The number of ketones is 1. The molecule has 0 aromatic heterocycles. The molecular formula is C13H14Cl2O4. The summed E-state index contributed by atoms with van der Waals surface area (Å²) in [4.78, 5) is 23.4. The Labute approximate surface area is 121 Å². The first-order valence-corrected chi connectivity index (χ1v) is 6.60. The molecule has 0 spiro atoms. The number of esters is 1. The minimum Gasteiger partial charge on any atom is -0.493 e. The van der Waals surface area contributed by atoms with Crippen LogP contribution in [0, 0.1) is 0 Å². The number of hydrogen-bond acceptors (Lipinski definition) is 4. The maximum absolute atomic E-state index is 11.9. The standard InChI is InChI=1S/C13H14Cl2O4/c1-3-5-19-11-7-10(15)9(14)6-8(11)12(16)13(17)18-4-2/h6-7H,3-5H2,1-2H3. The van der Waals surface area contributed by atoms with Crippen molar-refractivity contribution < 1.29 is 19.1 Å². The predicted molar refractivity (Wildman–Crippen MR) is 73.2 cm³/mol. The van der Waals surface area contributed by atoms with Crippen LogP contribution < -0.4 is 4.74 Å². The van der Waals surface area contributed by atoms with E-state index in [9.17, 15) is 9.59 Å². The summed E-state index contributed by atoms with van der Waals surface area (Å²) in [6, 6.07) is 2.74. The van der Waals surface area contributed by atoms with E-state index in [0.717, 1.165) is 6.42 Å². The third-order valence-corrected chi connectivity index (χ3v) is 2.91. The highest BCUT2D eigenvalue weighted by molar-refractivity contribution is 6.45. The summed E-state index contributed by atoms with van der Waals surface area (Å²) in [5.74, 6) is -1.51. The van der Waals surface area contributed by atoms with Crippen LogP contribution in [0.5, 0.6) is 5.75 Å². The molecule has 0 saturated carbocycles. The Morgan fingerprint density at radius 3 is 2.37 bits per heavy atom. The van der Waals surface area contributed by atoms with Crippen LogP contribution in [-0.2, 0) is 9.53 Å². The summed E-state index contributed by atoms with van der Waals surface area (Å²) >= 11 is 11.7. The van der Waals surface area contributed by atoms with Crippen molar-refractivity contribution in [1.29, 1.82) is 0 Å². The molecule has 0 radical (unpaired) electrons. The topological polar surface area (TPSA) is 52.6 Å². The number of carbonyl (C=O) groups is 2. The molecule has 19 heavy (non-hydrogen) atoms. The normalized spacial score (nSPS) is 10.1. The van der Waals surface area contributed by atoms with Gasteiger partial charge in [0.2, 0.25) is 0 Å². The van der Waals surface area contributed by atoms with Gasteiger partial charge in [-0.15, -0.1) is 0 Å². The number of rotatable bonds is 6. The van der Waals surface area contributed by atoms with E-state index in [1.54, 1.807) is 6.92 Å². The highest BCUT2D eigenvalue weighted by Crippen LogP contribution is 2.31. The first-order valence-electron chi connectivity index (χ1n) is 5.84. The van der Waals surface area contributed by atoms with Gasteiger partial charge < -0.3 is 9.47 Å². The molecular weight excluding hydrogens is 291 g/mol. The van der Waals surface area contributed by atoms with Gasteiger partial charge in [0.15, 0.2) is 0 Å². The van der Waals surface area contributed by atoms with Crippen LogP contribution in [0.25, 0.3) is 0 Å². The highest BCUT2D eigenvalue weighted by atomic mass is 35.5. The monoisotopic (exact) mass is 304 g/mol. The van der Waals surface area contributed by atoms with E-state index in [4.69, 9.17) is 27.9 Å². The number of ether oxygens (including phenoxy) is 2. The second-order valence-corrected chi connectivity index (χ2v) is 4.47. The van der Waals surface area contributed by atoms with Crippen molar-refractivity contribution in [2.45, 2.75) is 20.3 Å². The minimum atomic E-state index is -0.942. The van der Waals surface area contributed by atoms with Crippen molar-refractivity contribution in [3.63, 3.8) is 0 Å². The van der Waals surface area contributed by atoms with Gasteiger partial charge in [0.1, 0.15) is 5.75 Å². The molecule has 0 fully saturated rings. The predicted octanol–water partition coefficient (Wildman–Crippen LogP) is 3.53. The lowest BCUT2D eigenvalue weighted by Crippen LogP contribution is -2.18. The molecule has 0 N–H and O–H groups in total. The molecule has 1 aromatic rings. The molecule has 1 rings (SSSR count). The second kappa shape index (κ2) is 7.36. The van der Waals surface area contributed by atoms with Gasteiger partial charge in [0.05, 0.1) is 28.8 Å². The Morgan fingerprint density at radius 1 is 1.16 bits per heavy atom. The zero-order valence-corrected chi connectivity index (χ0v) is 12.2. The van der Waals surface area contributed by atoms with Crippen LogP contribution in [0.2, 0.25) is 10.0 Å². The summed E-state index contributed by atoms with van der Waals surface area (Å²) < 4.78 is 10.1. The summed E-state index contributed by atoms with van der Waals surface area (Å²) in [5, 5.41) is 0.436. The molecule has 0 aliphatic rings. The number of Topliss-reactive ketones (excluding diaryl/α,β-unsaturated/α-hetero) is 1. The fourth-order valence-corrected chi connectivity index (χ4v) is 1.66. The highest BCUT2D eigenvalue weighted by Gasteiger charge is 2.23. The maximum atomic E-state index is 11.9. The minimum absolute atomic E-state index is 0.0568. The Kier molecular flexibility index (Phi) is 6.12. The van der Waals surface area contributed by atoms with Crippen molar-refractivity contribution in [2.75, 3.05) is 13.2 Å². The average molecular weight is 305 g/mol. The van der Waals surface area contributed by atoms with E-state index in [1.807, 2.05) is 6.92 Å². The molecule has 0 aliphatic heterocycles. The Hall–Kier alpha value is -1.26. The zero-order chi connectivity index (χ0) is 14.4. The molecule has 0 amide bonds. The van der Waals surface area contributed by atoms with Gasteiger partial charge in [0.25, 0.3) is 5.78 Å². The third-order valence-electron chi connectivity index (χ3n) is 2.19. The summed E-state index contributed by atoms with van der Waals surface area (Å²) in [6.07, 6.45) is 0.757. The number of benzene rings is 1. The zero-order valence-electron chi connectivity index (χ0n) is 10.7. The van der Waals surface area contributed by atoms with E-state index < -0.39 is 11.8 Å². The Balaban J connectivity index is 3.12. The van der Waals surface area contributed by atoms with Gasteiger partial charge in [-0.25, -0.2) is 4.79 Å². The van der Waals surface area contributed by atoms with Crippen LogP contribution in [0.15, 0.2) is 12.1 Å². The molecule has 1 aromatic carbocycles. The van der Waals surface area contributed by atoms with Gasteiger partial charge in [-0.05, 0) is 19.4 Å². The fraction of sp³-hybridized carbons (Fsp3) is 0.385. The lowest BCUT2D eigenvalue weighted by Gasteiger charge is -2.11. The van der Waals surface area contributed by atoms with Crippen LogP contribution in [0.3, 0.4) is 0 Å². The van der Waals surface area contributed by atoms with E-state index in [2.05, 4.69) is 4.74 Å². The Morgan fingerprint density at radius 2 is 1.79 bits per heavy atom. The average Bonchev–Trinajstić information content (AvgIpc) is 2.39. The fourth-order valence-electron chi connectivity index (χ4n) is 1.34. The van der Waals surface area contributed by atoms with E-state index >= 15 is 0 Å². The quantitative estimate of drug-likeness (QED) is 0.458. The van der Waals surface area contributed by atoms with E-state index in [-0.39, 0.29) is 28.0 Å². The number of hydrogen-bond donors (Lipinski definition) is 0. The lowest BCUT2D eigenvalue weighted by atomic mass is 10.1. The largest absolute Gasteiger partial charge is 0.493 e. The number of carbonyl (C=O) groups excluding carboxylic acids is 2. The molecule has 0 bridgehead atoms. The van der Waals surface area contributed by atoms with Gasteiger partial charge in [0, 0.05) is 6.07 Å². The van der Waals surface area contributed by atoms with Crippen molar-refractivity contribution in [1.82, 2.24) is 0 Å².